The number of rotatable bonds is 7. The average molecular weight is 555 g/mol. The van der Waals surface area contributed by atoms with Gasteiger partial charge in [-0.3, -0.25) is 4.68 Å². The van der Waals surface area contributed by atoms with Crippen molar-refractivity contribution < 1.29 is 9.50 Å². The molecule has 1 atom stereocenters. The third-order valence-electron chi connectivity index (χ3n) is 8.18. The minimum atomic E-state index is -0.838. The summed E-state index contributed by atoms with van der Waals surface area (Å²) in [7, 11) is 0. The van der Waals surface area contributed by atoms with Crippen LogP contribution in [0.25, 0.3) is 22.3 Å². The Bertz CT molecular complexity index is 1680. The van der Waals surface area contributed by atoms with Crippen LogP contribution in [0.15, 0.2) is 61.4 Å². The van der Waals surface area contributed by atoms with E-state index in [9.17, 15) is 9.50 Å². The number of benzene rings is 1. The molecule has 2 fully saturated rings. The van der Waals surface area contributed by atoms with E-state index in [0.717, 1.165) is 78.3 Å². The minimum Gasteiger partial charge on any atom is -0.388 e. The number of nitrogens with two attached hydrogens (primary N) is 1. The van der Waals surface area contributed by atoms with Gasteiger partial charge in [-0.15, -0.1) is 0 Å². The summed E-state index contributed by atoms with van der Waals surface area (Å²) in [6.45, 7) is 5.34. The van der Waals surface area contributed by atoms with Crippen LogP contribution in [-0.4, -0.2) is 71.6 Å². The fourth-order valence-corrected chi connectivity index (χ4v) is 5.36. The van der Waals surface area contributed by atoms with Crippen LogP contribution in [0.5, 0.6) is 0 Å². The lowest BCUT2D eigenvalue weighted by Crippen LogP contribution is -2.47. The van der Waals surface area contributed by atoms with E-state index in [0.29, 0.717) is 12.5 Å². The van der Waals surface area contributed by atoms with E-state index in [-0.39, 0.29) is 5.82 Å². The molecule has 210 valence electrons. The summed E-state index contributed by atoms with van der Waals surface area (Å²) in [4.78, 5) is 26.1. The molecule has 7 rings (SSSR count). The maximum Gasteiger partial charge on any atom is 0.225 e. The Balaban J connectivity index is 1.04. The minimum absolute atomic E-state index is 0.299. The number of hydrogen-bond donors (Lipinski definition) is 3. The van der Waals surface area contributed by atoms with Crippen LogP contribution in [0, 0.1) is 5.82 Å². The van der Waals surface area contributed by atoms with Gasteiger partial charge < -0.3 is 25.6 Å². The van der Waals surface area contributed by atoms with Crippen molar-refractivity contribution in [3.8, 4) is 11.3 Å². The molecule has 5 heterocycles. The molecule has 1 aliphatic carbocycles. The Morgan fingerprint density at radius 1 is 0.976 bits per heavy atom. The second-order valence-electron chi connectivity index (χ2n) is 11.2. The molecule has 5 aromatic rings. The maximum absolute atomic E-state index is 13.4. The molecular weight excluding hydrogens is 523 g/mol. The zero-order valence-corrected chi connectivity index (χ0v) is 22.7. The van der Waals surface area contributed by atoms with Crippen LogP contribution in [0.2, 0.25) is 0 Å². The number of H-pyrrole nitrogens is 1. The highest BCUT2D eigenvalue weighted by Crippen LogP contribution is 2.37. The first-order valence-electron chi connectivity index (χ1n) is 13.7. The standard InChI is InChI=1S/C29H31FN10O/c1-28(31,20-2-4-22(30)5-3-20)21-14-32-27(33-15-21)39-10-8-38(9-11-39)26-23-12-24(37-25(23)34-18-35-26)19-13-36-40(16-19)17-29(41)6-7-29/h2-5,12-16,18,41H,6-11,17,31H2,1H3,(H,34,35,37). The number of piperazine rings is 1. The summed E-state index contributed by atoms with van der Waals surface area (Å²) in [6.07, 6.45) is 10.5. The highest BCUT2D eigenvalue weighted by molar-refractivity contribution is 5.91. The number of hydrogen-bond acceptors (Lipinski definition) is 9. The van der Waals surface area contributed by atoms with Gasteiger partial charge in [0.2, 0.25) is 5.95 Å². The van der Waals surface area contributed by atoms with Gasteiger partial charge in [0.15, 0.2) is 0 Å². The highest BCUT2D eigenvalue weighted by Gasteiger charge is 2.41. The molecule has 1 saturated carbocycles. The molecule has 12 heteroatoms. The van der Waals surface area contributed by atoms with E-state index < -0.39 is 11.1 Å². The van der Waals surface area contributed by atoms with Gasteiger partial charge in [0.1, 0.15) is 23.6 Å². The number of nitrogens with one attached hydrogen (secondary N) is 1. The number of fused-ring (bicyclic) bond motifs is 1. The molecule has 1 aliphatic heterocycles. The first kappa shape index (κ1) is 25.5. The Labute approximate surface area is 235 Å². The molecule has 11 nitrogen and oxygen atoms in total. The molecule has 0 amide bonds. The third kappa shape index (κ3) is 4.89. The van der Waals surface area contributed by atoms with Crippen molar-refractivity contribution in [3.05, 3.63) is 78.4 Å². The van der Waals surface area contributed by atoms with Crippen LogP contribution in [0.4, 0.5) is 16.2 Å². The van der Waals surface area contributed by atoms with Gasteiger partial charge in [-0.2, -0.15) is 5.10 Å². The average Bonchev–Trinajstić information content (AvgIpc) is 3.34. The molecule has 1 aromatic carbocycles. The molecule has 41 heavy (non-hydrogen) atoms. The van der Waals surface area contributed by atoms with Gasteiger partial charge in [-0.05, 0) is 43.5 Å². The number of nitrogens with zero attached hydrogens (tertiary/aromatic N) is 8. The van der Waals surface area contributed by atoms with Gasteiger partial charge in [-0.1, -0.05) is 12.1 Å². The third-order valence-corrected chi connectivity index (χ3v) is 8.18. The summed E-state index contributed by atoms with van der Waals surface area (Å²) in [5.74, 6) is 1.23. The molecule has 4 N–H and O–H groups in total. The molecule has 4 aromatic heterocycles. The fourth-order valence-electron chi connectivity index (χ4n) is 5.36. The smallest absolute Gasteiger partial charge is 0.225 e. The number of aliphatic hydroxyl groups is 1. The van der Waals surface area contributed by atoms with Crippen LogP contribution in [0.3, 0.4) is 0 Å². The van der Waals surface area contributed by atoms with E-state index >= 15 is 0 Å². The van der Waals surface area contributed by atoms with Gasteiger partial charge >= 0.3 is 0 Å². The van der Waals surface area contributed by atoms with Crippen LogP contribution < -0.4 is 15.5 Å². The Morgan fingerprint density at radius 2 is 1.68 bits per heavy atom. The number of anilines is 2. The number of aromatic amines is 1. The molecule has 1 saturated heterocycles. The zero-order valence-electron chi connectivity index (χ0n) is 22.7. The summed E-state index contributed by atoms with van der Waals surface area (Å²) in [6, 6.07) is 8.26. The van der Waals surface area contributed by atoms with Crippen molar-refractivity contribution in [2.75, 3.05) is 36.0 Å². The summed E-state index contributed by atoms with van der Waals surface area (Å²) in [5, 5.41) is 15.6. The van der Waals surface area contributed by atoms with Crippen molar-refractivity contribution in [2.24, 2.45) is 5.73 Å². The molecule has 0 spiro atoms. The Kier molecular flexibility index (Phi) is 5.98. The van der Waals surface area contributed by atoms with Crippen LogP contribution in [0.1, 0.15) is 30.9 Å². The summed E-state index contributed by atoms with van der Waals surface area (Å²) < 4.78 is 15.2. The molecule has 2 aliphatic rings. The van der Waals surface area contributed by atoms with Crippen LogP contribution >= 0.6 is 0 Å². The second-order valence-corrected chi connectivity index (χ2v) is 11.2. The Morgan fingerprint density at radius 3 is 2.39 bits per heavy atom. The van der Waals surface area contributed by atoms with Gasteiger partial charge in [0, 0.05) is 55.9 Å². The first-order chi connectivity index (χ1) is 19.8. The summed E-state index contributed by atoms with van der Waals surface area (Å²) >= 11 is 0. The van der Waals surface area contributed by atoms with Gasteiger partial charge in [0.05, 0.1) is 35.0 Å². The van der Waals surface area contributed by atoms with Crippen LogP contribution in [-0.2, 0) is 12.1 Å². The van der Waals surface area contributed by atoms with E-state index in [1.807, 2.05) is 13.1 Å². The molecule has 0 radical (unpaired) electrons. The zero-order chi connectivity index (χ0) is 28.2. The van der Waals surface area contributed by atoms with Gasteiger partial charge in [-0.25, -0.2) is 24.3 Å². The number of aromatic nitrogens is 7. The monoisotopic (exact) mass is 554 g/mol. The summed E-state index contributed by atoms with van der Waals surface area (Å²) in [5.41, 5.74) is 9.31. The topological polar surface area (TPSA) is 138 Å². The van der Waals surface area contributed by atoms with Gasteiger partial charge in [0.25, 0.3) is 0 Å². The predicted octanol–water partition coefficient (Wildman–Crippen LogP) is 2.82. The Hall–Kier alpha value is -4.42. The second kappa shape index (κ2) is 9.60. The normalized spacial score (nSPS) is 18.0. The fraction of sp³-hybridized carbons (Fsp3) is 0.345. The molecule has 1 unspecified atom stereocenters. The highest BCUT2D eigenvalue weighted by atomic mass is 19.1. The maximum atomic E-state index is 13.4. The van der Waals surface area contributed by atoms with Crippen molar-refractivity contribution in [1.82, 2.24) is 34.7 Å². The SMILES string of the molecule is CC(N)(c1ccc(F)cc1)c1cnc(N2CCN(c3ncnc4[nH]c(-c5cnn(CC6(O)CC6)c5)cc34)CC2)nc1. The first-order valence-corrected chi connectivity index (χ1v) is 13.7. The van der Waals surface area contributed by atoms with Crippen molar-refractivity contribution in [3.63, 3.8) is 0 Å². The quantitative estimate of drug-likeness (QED) is 0.277. The predicted molar refractivity (Wildman–Crippen MR) is 153 cm³/mol. The largest absolute Gasteiger partial charge is 0.388 e. The van der Waals surface area contributed by atoms with E-state index in [4.69, 9.17) is 5.73 Å². The number of halogens is 1. The lowest BCUT2D eigenvalue weighted by molar-refractivity contribution is 0.125. The van der Waals surface area contributed by atoms with E-state index in [1.165, 1.54) is 12.1 Å². The molecular formula is C29H31FN10O. The molecule has 0 bridgehead atoms. The van der Waals surface area contributed by atoms with Crippen molar-refractivity contribution in [1.29, 1.82) is 0 Å². The lowest BCUT2D eigenvalue weighted by Gasteiger charge is -2.35. The van der Waals surface area contributed by atoms with E-state index in [1.54, 1.807) is 41.7 Å². The van der Waals surface area contributed by atoms with Crippen molar-refractivity contribution >= 4 is 22.8 Å². The lowest BCUT2D eigenvalue weighted by atomic mass is 9.87. The van der Waals surface area contributed by atoms with E-state index in [2.05, 4.69) is 45.9 Å². The van der Waals surface area contributed by atoms with Crippen molar-refractivity contribution in [2.45, 2.75) is 37.5 Å².